The van der Waals surface area contributed by atoms with Gasteiger partial charge in [-0.05, 0) is 6.42 Å². The lowest BCUT2D eigenvalue weighted by atomic mass is 10.1. The van der Waals surface area contributed by atoms with Gasteiger partial charge in [0.05, 0.1) is 5.92 Å². The molecule has 1 unspecified atom stereocenters. The van der Waals surface area contributed by atoms with Gasteiger partial charge in [0.15, 0.2) is 0 Å². The van der Waals surface area contributed by atoms with E-state index in [4.69, 9.17) is 0 Å². The van der Waals surface area contributed by atoms with Crippen LogP contribution in [-0.4, -0.2) is 26.0 Å². The molecule has 51 valence electrons. The number of hydrogen-bond donors (Lipinski definition) is 1. The lowest BCUT2D eigenvalue weighted by molar-refractivity contribution is -0.123. The predicted octanol–water partition coefficient (Wildman–Crippen LogP) is -0.643. The van der Waals surface area contributed by atoms with E-state index in [1.807, 2.05) is 0 Å². The summed E-state index contributed by atoms with van der Waals surface area (Å²) in [5, 5.41) is 6.68. The quantitative estimate of drug-likeness (QED) is 0.500. The Kier molecular flexibility index (Phi) is 2.05. The monoisotopic (exact) mass is 127 g/mol. The molecule has 0 spiro atoms. The summed E-state index contributed by atoms with van der Waals surface area (Å²) in [6.45, 7) is 1.58. The van der Waals surface area contributed by atoms with Crippen LogP contribution in [0.15, 0.2) is 0 Å². The fourth-order valence-corrected chi connectivity index (χ4v) is 1.00. The first kappa shape index (κ1) is 6.55. The zero-order chi connectivity index (χ0) is 6.69. The van der Waals surface area contributed by atoms with Crippen molar-refractivity contribution in [1.29, 1.82) is 0 Å². The first-order valence-corrected chi connectivity index (χ1v) is 3.19. The largest absolute Gasteiger partial charge is 0.359 e. The second-order valence-electron chi connectivity index (χ2n) is 2.23. The summed E-state index contributed by atoms with van der Waals surface area (Å²) in [5.41, 5.74) is 0. The van der Waals surface area contributed by atoms with Crippen molar-refractivity contribution in [2.75, 3.05) is 20.1 Å². The van der Waals surface area contributed by atoms with Crippen LogP contribution in [0, 0.1) is 5.92 Å². The molecule has 3 heteroatoms. The van der Waals surface area contributed by atoms with Crippen LogP contribution in [0.1, 0.15) is 6.42 Å². The summed E-state index contributed by atoms with van der Waals surface area (Å²) in [4.78, 5) is 10.8. The Balaban J connectivity index is 2.32. The third-order valence-electron chi connectivity index (χ3n) is 1.60. The van der Waals surface area contributed by atoms with Crippen molar-refractivity contribution in [3.63, 3.8) is 0 Å². The Bertz CT molecular complexity index is 108. The third-order valence-corrected chi connectivity index (χ3v) is 1.60. The Morgan fingerprint density at radius 1 is 1.78 bits per heavy atom. The highest BCUT2D eigenvalue weighted by Gasteiger charge is 2.21. The third kappa shape index (κ3) is 1.42. The minimum absolute atomic E-state index is 0.135. The summed E-state index contributed by atoms with van der Waals surface area (Å²) in [6.07, 6.45) is 0.930. The first-order chi connectivity index (χ1) is 4.34. The molecular formula is C6H11N2O. The van der Waals surface area contributed by atoms with Crippen LogP contribution >= 0.6 is 0 Å². The van der Waals surface area contributed by atoms with Crippen LogP contribution in [0.25, 0.3) is 0 Å². The van der Waals surface area contributed by atoms with Gasteiger partial charge in [0, 0.05) is 20.1 Å². The zero-order valence-electron chi connectivity index (χ0n) is 5.55. The Morgan fingerprint density at radius 2 is 2.56 bits per heavy atom. The Hall–Kier alpha value is -0.570. The van der Waals surface area contributed by atoms with Crippen molar-refractivity contribution in [3.8, 4) is 0 Å². The number of carbonyl (C=O) groups is 1. The number of carbonyl (C=O) groups excluding carboxylic acids is 1. The van der Waals surface area contributed by atoms with Gasteiger partial charge in [-0.15, -0.1) is 0 Å². The second-order valence-corrected chi connectivity index (χ2v) is 2.23. The second kappa shape index (κ2) is 2.82. The van der Waals surface area contributed by atoms with Crippen molar-refractivity contribution >= 4 is 5.91 Å². The van der Waals surface area contributed by atoms with Crippen LogP contribution < -0.4 is 10.6 Å². The minimum Gasteiger partial charge on any atom is -0.359 e. The van der Waals surface area contributed by atoms with Gasteiger partial charge in [-0.2, -0.15) is 0 Å². The average molecular weight is 127 g/mol. The summed E-state index contributed by atoms with van der Waals surface area (Å²) in [7, 11) is 1.67. The van der Waals surface area contributed by atoms with Gasteiger partial charge in [0.25, 0.3) is 0 Å². The van der Waals surface area contributed by atoms with E-state index in [9.17, 15) is 4.79 Å². The fraction of sp³-hybridized carbons (Fsp3) is 0.833. The smallest absolute Gasteiger partial charge is 0.224 e. The standard InChI is InChI=1S/C6H11N2O/c1-7-6(9)5-2-3-8-4-5/h5H,2-4H2,1H3,(H,7,9). The summed E-state index contributed by atoms with van der Waals surface area (Å²) in [5.74, 6) is 0.297. The normalized spacial score (nSPS) is 26.1. The molecule has 3 nitrogen and oxygen atoms in total. The molecular weight excluding hydrogens is 116 g/mol. The number of hydrogen-bond acceptors (Lipinski definition) is 1. The molecule has 0 saturated carbocycles. The van der Waals surface area contributed by atoms with Gasteiger partial charge in [-0.1, -0.05) is 0 Å². The topological polar surface area (TPSA) is 43.2 Å². The molecule has 1 N–H and O–H groups in total. The van der Waals surface area contributed by atoms with E-state index < -0.39 is 0 Å². The van der Waals surface area contributed by atoms with Gasteiger partial charge in [0.2, 0.25) is 5.91 Å². The van der Waals surface area contributed by atoms with E-state index >= 15 is 0 Å². The van der Waals surface area contributed by atoms with Crippen molar-refractivity contribution in [1.82, 2.24) is 10.6 Å². The maximum Gasteiger partial charge on any atom is 0.224 e. The molecule has 1 aliphatic rings. The molecule has 0 aromatic rings. The van der Waals surface area contributed by atoms with Crippen LogP contribution in [0.3, 0.4) is 0 Å². The molecule has 1 saturated heterocycles. The van der Waals surface area contributed by atoms with E-state index in [2.05, 4.69) is 10.6 Å². The number of rotatable bonds is 1. The van der Waals surface area contributed by atoms with Crippen LogP contribution in [-0.2, 0) is 4.79 Å². The van der Waals surface area contributed by atoms with Gasteiger partial charge in [0.1, 0.15) is 0 Å². The molecule has 0 aromatic heterocycles. The predicted molar refractivity (Wildman–Crippen MR) is 34.0 cm³/mol. The minimum atomic E-state index is 0.135. The first-order valence-electron chi connectivity index (χ1n) is 3.19. The van der Waals surface area contributed by atoms with E-state index in [0.717, 1.165) is 19.5 Å². The van der Waals surface area contributed by atoms with E-state index in [0.29, 0.717) is 0 Å². The number of amides is 1. The maximum atomic E-state index is 10.8. The van der Waals surface area contributed by atoms with Gasteiger partial charge in [-0.3, -0.25) is 4.79 Å². The van der Waals surface area contributed by atoms with E-state index in [-0.39, 0.29) is 11.8 Å². The zero-order valence-corrected chi connectivity index (χ0v) is 5.55. The van der Waals surface area contributed by atoms with Crippen molar-refractivity contribution in [3.05, 3.63) is 0 Å². The van der Waals surface area contributed by atoms with Gasteiger partial charge in [-0.25, -0.2) is 5.32 Å². The lowest BCUT2D eigenvalue weighted by Gasteiger charge is -2.03. The van der Waals surface area contributed by atoms with Gasteiger partial charge >= 0.3 is 0 Å². The van der Waals surface area contributed by atoms with Crippen LogP contribution in [0.4, 0.5) is 0 Å². The lowest BCUT2D eigenvalue weighted by Crippen LogP contribution is -2.27. The SMILES string of the molecule is CNC(=O)C1CC[N]C1. The van der Waals surface area contributed by atoms with Crippen LogP contribution in [0.2, 0.25) is 0 Å². The van der Waals surface area contributed by atoms with Crippen molar-refractivity contribution < 1.29 is 4.79 Å². The molecule has 0 bridgehead atoms. The molecule has 9 heavy (non-hydrogen) atoms. The van der Waals surface area contributed by atoms with E-state index in [1.165, 1.54) is 0 Å². The molecule has 0 aliphatic carbocycles. The highest BCUT2D eigenvalue weighted by atomic mass is 16.1. The Labute approximate surface area is 54.8 Å². The van der Waals surface area contributed by atoms with Gasteiger partial charge < -0.3 is 5.32 Å². The maximum absolute atomic E-state index is 10.8. The molecule has 1 fully saturated rings. The Morgan fingerprint density at radius 3 is 3.00 bits per heavy atom. The molecule has 1 heterocycles. The number of nitrogens with one attached hydrogen (secondary N) is 1. The molecule has 0 aromatic carbocycles. The summed E-state index contributed by atoms with van der Waals surface area (Å²) < 4.78 is 0. The average Bonchev–Trinajstić information content (AvgIpc) is 2.37. The summed E-state index contributed by atoms with van der Waals surface area (Å²) in [6, 6.07) is 0. The molecule has 1 radical (unpaired) electrons. The molecule has 1 amide bonds. The summed E-state index contributed by atoms with van der Waals surface area (Å²) >= 11 is 0. The highest BCUT2D eigenvalue weighted by Crippen LogP contribution is 2.07. The molecule has 1 atom stereocenters. The van der Waals surface area contributed by atoms with Crippen molar-refractivity contribution in [2.45, 2.75) is 6.42 Å². The molecule has 1 rings (SSSR count). The molecule has 1 aliphatic heterocycles. The number of nitrogens with zero attached hydrogens (tertiary/aromatic N) is 1. The highest BCUT2D eigenvalue weighted by molar-refractivity contribution is 5.78. The fourth-order valence-electron chi connectivity index (χ4n) is 1.00. The van der Waals surface area contributed by atoms with E-state index in [1.54, 1.807) is 7.05 Å². The van der Waals surface area contributed by atoms with Crippen molar-refractivity contribution in [2.24, 2.45) is 5.92 Å². The van der Waals surface area contributed by atoms with Crippen LogP contribution in [0.5, 0.6) is 0 Å².